The number of methoxy groups -OCH3 is 1. The molecule has 4 heteroatoms. The van der Waals surface area contributed by atoms with Crippen molar-refractivity contribution in [2.45, 2.75) is 6.10 Å². The molecule has 0 aliphatic heterocycles. The van der Waals surface area contributed by atoms with Gasteiger partial charge in [-0.3, -0.25) is 4.98 Å². The number of pyridine rings is 1. The van der Waals surface area contributed by atoms with E-state index in [0.717, 1.165) is 11.1 Å². The van der Waals surface area contributed by atoms with Gasteiger partial charge in [-0.2, -0.15) is 0 Å². The minimum absolute atomic E-state index is 0.213. The number of benzene rings is 1. The molecule has 1 aromatic carbocycles. The van der Waals surface area contributed by atoms with Crippen molar-refractivity contribution in [3.63, 3.8) is 0 Å². The Labute approximate surface area is 106 Å². The maximum Gasteiger partial charge on any atom is 0.188 e. The number of nitrogens with zero attached hydrogens (tertiary/aromatic N) is 1. The van der Waals surface area contributed by atoms with Gasteiger partial charge in [-0.05, 0) is 23.8 Å². The zero-order valence-electron chi connectivity index (χ0n) is 10.1. The van der Waals surface area contributed by atoms with Crippen molar-refractivity contribution >= 4 is 0 Å². The second-order valence-electron chi connectivity index (χ2n) is 3.81. The summed E-state index contributed by atoms with van der Waals surface area (Å²) in [6, 6.07) is 10.9. The molecule has 0 radical (unpaired) electrons. The molecule has 0 fully saturated rings. The topological polar surface area (TPSA) is 51.6 Å². The minimum atomic E-state index is -0.671. The van der Waals surface area contributed by atoms with E-state index in [0.29, 0.717) is 5.75 Å². The summed E-state index contributed by atoms with van der Waals surface area (Å²) in [7, 11) is 1.57. The average Bonchev–Trinajstić information content (AvgIpc) is 2.46. The summed E-state index contributed by atoms with van der Waals surface area (Å²) in [5.74, 6) is 0.707. The minimum Gasteiger partial charge on any atom is -0.468 e. The van der Waals surface area contributed by atoms with Gasteiger partial charge in [-0.15, -0.1) is 0 Å². The Morgan fingerprint density at radius 2 is 1.94 bits per heavy atom. The third-order valence-corrected chi connectivity index (χ3v) is 2.54. The number of hydrogen-bond donors (Lipinski definition) is 1. The predicted molar refractivity (Wildman–Crippen MR) is 67.2 cm³/mol. The second kappa shape index (κ2) is 6.14. The number of ether oxygens (including phenoxy) is 2. The molecule has 0 amide bonds. The standard InChI is InChI=1S/C14H15NO3/c1-17-10-18-13-6-4-11(5-7-13)14(16)12-3-2-8-15-9-12/h2-9,14,16H,10H2,1H3. The number of hydrogen-bond acceptors (Lipinski definition) is 4. The Bertz CT molecular complexity index is 470. The fourth-order valence-electron chi connectivity index (χ4n) is 1.60. The molecule has 2 aromatic rings. The van der Waals surface area contributed by atoms with E-state index in [4.69, 9.17) is 9.47 Å². The van der Waals surface area contributed by atoms with Gasteiger partial charge in [-0.1, -0.05) is 18.2 Å². The Balaban J connectivity index is 2.09. The molecule has 1 N–H and O–H groups in total. The van der Waals surface area contributed by atoms with Crippen molar-refractivity contribution in [3.8, 4) is 5.75 Å². The lowest BCUT2D eigenvalue weighted by molar-refractivity contribution is 0.0511. The summed E-state index contributed by atoms with van der Waals surface area (Å²) in [5.41, 5.74) is 1.57. The van der Waals surface area contributed by atoms with Gasteiger partial charge in [-0.25, -0.2) is 0 Å². The van der Waals surface area contributed by atoms with E-state index in [1.165, 1.54) is 0 Å². The lowest BCUT2D eigenvalue weighted by Gasteiger charge is -2.11. The summed E-state index contributed by atoms with van der Waals surface area (Å²) in [6.45, 7) is 0.213. The number of rotatable bonds is 5. The van der Waals surface area contributed by atoms with Crippen LogP contribution in [0.2, 0.25) is 0 Å². The van der Waals surface area contributed by atoms with Crippen LogP contribution in [0, 0.1) is 0 Å². The van der Waals surface area contributed by atoms with Gasteiger partial charge < -0.3 is 14.6 Å². The molecule has 0 bridgehead atoms. The van der Waals surface area contributed by atoms with Crippen LogP contribution in [0.15, 0.2) is 48.8 Å². The van der Waals surface area contributed by atoms with E-state index >= 15 is 0 Å². The third-order valence-electron chi connectivity index (χ3n) is 2.54. The van der Waals surface area contributed by atoms with E-state index in [9.17, 15) is 5.11 Å². The van der Waals surface area contributed by atoms with E-state index in [2.05, 4.69) is 4.98 Å². The van der Waals surface area contributed by atoms with Crippen LogP contribution in [0.25, 0.3) is 0 Å². The molecule has 0 aliphatic rings. The van der Waals surface area contributed by atoms with Gasteiger partial charge in [0.05, 0.1) is 0 Å². The third kappa shape index (κ3) is 3.06. The zero-order chi connectivity index (χ0) is 12.8. The Kier molecular flexibility index (Phi) is 4.28. The van der Waals surface area contributed by atoms with Crippen LogP contribution in [-0.2, 0) is 4.74 Å². The molecular formula is C14H15NO3. The van der Waals surface area contributed by atoms with Crippen LogP contribution in [0.4, 0.5) is 0 Å². The van der Waals surface area contributed by atoms with Gasteiger partial charge in [0.2, 0.25) is 0 Å². The number of aromatic nitrogens is 1. The quantitative estimate of drug-likeness (QED) is 0.820. The van der Waals surface area contributed by atoms with E-state index in [1.807, 2.05) is 18.2 Å². The van der Waals surface area contributed by atoms with Crippen LogP contribution >= 0.6 is 0 Å². The molecule has 1 heterocycles. The summed E-state index contributed by atoms with van der Waals surface area (Å²) in [4.78, 5) is 3.99. The molecule has 1 aromatic heterocycles. The van der Waals surface area contributed by atoms with Crippen molar-refractivity contribution in [2.75, 3.05) is 13.9 Å². The van der Waals surface area contributed by atoms with Crippen LogP contribution in [-0.4, -0.2) is 24.0 Å². The highest BCUT2D eigenvalue weighted by Gasteiger charge is 2.10. The van der Waals surface area contributed by atoms with Gasteiger partial charge in [0, 0.05) is 25.1 Å². The molecule has 2 rings (SSSR count). The van der Waals surface area contributed by atoms with E-state index < -0.39 is 6.10 Å². The van der Waals surface area contributed by atoms with Crippen LogP contribution in [0.5, 0.6) is 5.75 Å². The summed E-state index contributed by atoms with van der Waals surface area (Å²) >= 11 is 0. The van der Waals surface area contributed by atoms with Gasteiger partial charge in [0.15, 0.2) is 6.79 Å². The van der Waals surface area contributed by atoms with E-state index in [1.54, 1.807) is 37.7 Å². The van der Waals surface area contributed by atoms with Crippen LogP contribution in [0.1, 0.15) is 17.2 Å². The van der Waals surface area contributed by atoms with Crippen LogP contribution in [0.3, 0.4) is 0 Å². The highest BCUT2D eigenvalue weighted by Crippen LogP contribution is 2.23. The fraction of sp³-hybridized carbons (Fsp3) is 0.214. The first-order valence-corrected chi connectivity index (χ1v) is 5.61. The number of aliphatic hydroxyl groups excluding tert-OH is 1. The molecule has 0 spiro atoms. The molecule has 0 aliphatic carbocycles. The lowest BCUT2D eigenvalue weighted by atomic mass is 10.0. The van der Waals surface area contributed by atoms with Crippen molar-refractivity contribution in [1.82, 2.24) is 4.98 Å². The largest absolute Gasteiger partial charge is 0.468 e. The highest BCUT2D eigenvalue weighted by molar-refractivity contribution is 5.33. The first-order valence-electron chi connectivity index (χ1n) is 5.61. The van der Waals surface area contributed by atoms with Gasteiger partial charge in [0.1, 0.15) is 11.9 Å². The first kappa shape index (κ1) is 12.5. The van der Waals surface area contributed by atoms with Gasteiger partial charge >= 0.3 is 0 Å². The maximum atomic E-state index is 10.2. The first-order chi connectivity index (χ1) is 8.81. The zero-order valence-corrected chi connectivity index (χ0v) is 10.1. The molecule has 1 atom stereocenters. The van der Waals surface area contributed by atoms with Crippen LogP contribution < -0.4 is 4.74 Å². The van der Waals surface area contributed by atoms with Crippen molar-refractivity contribution in [2.24, 2.45) is 0 Å². The maximum absolute atomic E-state index is 10.2. The Morgan fingerprint density at radius 3 is 2.56 bits per heavy atom. The second-order valence-corrected chi connectivity index (χ2v) is 3.81. The normalized spacial score (nSPS) is 12.1. The van der Waals surface area contributed by atoms with Crippen molar-refractivity contribution in [3.05, 3.63) is 59.9 Å². The average molecular weight is 245 g/mol. The predicted octanol–water partition coefficient (Wildman–Crippen LogP) is 2.15. The van der Waals surface area contributed by atoms with E-state index in [-0.39, 0.29) is 6.79 Å². The monoisotopic (exact) mass is 245 g/mol. The molecule has 94 valence electrons. The molecule has 0 saturated heterocycles. The number of aliphatic hydroxyl groups is 1. The molecule has 4 nitrogen and oxygen atoms in total. The Hall–Kier alpha value is -1.91. The summed E-state index contributed by atoms with van der Waals surface area (Å²) in [5, 5.41) is 10.2. The van der Waals surface area contributed by atoms with Crippen molar-refractivity contribution in [1.29, 1.82) is 0 Å². The highest BCUT2D eigenvalue weighted by atomic mass is 16.7. The van der Waals surface area contributed by atoms with Gasteiger partial charge in [0.25, 0.3) is 0 Å². The summed E-state index contributed by atoms with van der Waals surface area (Å²) in [6.07, 6.45) is 2.66. The molecule has 1 unspecified atom stereocenters. The molecule has 18 heavy (non-hydrogen) atoms. The fourth-order valence-corrected chi connectivity index (χ4v) is 1.60. The molecular weight excluding hydrogens is 230 g/mol. The smallest absolute Gasteiger partial charge is 0.188 e. The molecule has 0 saturated carbocycles. The lowest BCUT2D eigenvalue weighted by Crippen LogP contribution is -2.01. The van der Waals surface area contributed by atoms with Crippen molar-refractivity contribution < 1.29 is 14.6 Å². The summed E-state index contributed by atoms with van der Waals surface area (Å²) < 4.78 is 10.1. The Morgan fingerprint density at radius 1 is 1.17 bits per heavy atom. The SMILES string of the molecule is COCOc1ccc(C(O)c2cccnc2)cc1.